The van der Waals surface area contributed by atoms with Crippen LogP contribution in [0.15, 0.2) is 42.6 Å². The van der Waals surface area contributed by atoms with Gasteiger partial charge in [-0.3, -0.25) is 9.48 Å². The zero-order valence-corrected chi connectivity index (χ0v) is 14.3. The minimum absolute atomic E-state index is 0.0929. The number of hydrogen-bond donors (Lipinski definition) is 2. The molecule has 0 radical (unpaired) electrons. The molecule has 2 aromatic carbocycles. The molecule has 0 unspecified atom stereocenters. The number of aromatic nitrogens is 2. The molecule has 1 atom stereocenters. The standard InChI is InChI=1S/C19H17FN4O2/c1-12-7-16(5-3-13(12)9-21)22-18(25)19(2,26)11-24-10-14-8-15(20)4-6-17(14)23-24/h3-8,10,26H,11H2,1-2H3,(H,22,25)/t19-/m0/s1. The molecular formula is C19H17FN4O2. The van der Waals surface area contributed by atoms with Gasteiger partial charge in [0.15, 0.2) is 5.60 Å². The van der Waals surface area contributed by atoms with Crippen LogP contribution in [0.3, 0.4) is 0 Å². The van der Waals surface area contributed by atoms with Crippen LogP contribution in [0.4, 0.5) is 10.1 Å². The van der Waals surface area contributed by atoms with Gasteiger partial charge in [0.25, 0.3) is 5.91 Å². The van der Waals surface area contributed by atoms with E-state index in [0.29, 0.717) is 22.2 Å². The number of amides is 1. The first-order valence-electron chi connectivity index (χ1n) is 7.96. The van der Waals surface area contributed by atoms with Crippen molar-refractivity contribution in [2.24, 2.45) is 0 Å². The third kappa shape index (κ3) is 3.55. The zero-order chi connectivity index (χ0) is 18.9. The van der Waals surface area contributed by atoms with E-state index in [-0.39, 0.29) is 12.4 Å². The fourth-order valence-electron chi connectivity index (χ4n) is 2.65. The summed E-state index contributed by atoms with van der Waals surface area (Å²) in [5.74, 6) is -0.981. The Bertz CT molecular complexity index is 1030. The normalized spacial score (nSPS) is 13.2. The number of benzene rings is 2. The van der Waals surface area contributed by atoms with Gasteiger partial charge in [-0.1, -0.05) is 0 Å². The van der Waals surface area contributed by atoms with E-state index in [9.17, 15) is 14.3 Å². The molecule has 6 nitrogen and oxygen atoms in total. The molecule has 0 saturated carbocycles. The summed E-state index contributed by atoms with van der Waals surface area (Å²) in [5, 5.41) is 27.0. The molecule has 0 aliphatic rings. The molecule has 0 aliphatic carbocycles. The van der Waals surface area contributed by atoms with Crippen molar-refractivity contribution >= 4 is 22.5 Å². The second-order valence-corrected chi connectivity index (χ2v) is 6.40. The van der Waals surface area contributed by atoms with Crippen LogP contribution < -0.4 is 5.32 Å². The van der Waals surface area contributed by atoms with E-state index >= 15 is 0 Å². The maximum atomic E-state index is 13.3. The molecule has 0 spiro atoms. The summed E-state index contributed by atoms with van der Waals surface area (Å²) in [6.45, 7) is 3.05. The van der Waals surface area contributed by atoms with Gasteiger partial charge in [0, 0.05) is 17.3 Å². The van der Waals surface area contributed by atoms with Crippen LogP contribution >= 0.6 is 0 Å². The lowest BCUT2D eigenvalue weighted by Gasteiger charge is -2.22. The number of rotatable bonds is 4. The molecule has 7 heteroatoms. The first-order chi connectivity index (χ1) is 12.3. The van der Waals surface area contributed by atoms with Gasteiger partial charge in [0.05, 0.1) is 23.7 Å². The SMILES string of the molecule is Cc1cc(NC(=O)[C@@](C)(O)Cn2cc3cc(F)ccc3n2)ccc1C#N. The number of halogens is 1. The van der Waals surface area contributed by atoms with Gasteiger partial charge in [-0.25, -0.2) is 4.39 Å². The van der Waals surface area contributed by atoms with E-state index in [4.69, 9.17) is 5.26 Å². The van der Waals surface area contributed by atoms with Crippen LogP contribution in [0, 0.1) is 24.1 Å². The zero-order valence-electron chi connectivity index (χ0n) is 14.3. The van der Waals surface area contributed by atoms with E-state index < -0.39 is 11.5 Å². The molecule has 26 heavy (non-hydrogen) atoms. The third-order valence-electron chi connectivity index (χ3n) is 4.08. The molecule has 3 rings (SSSR count). The Morgan fingerprint density at radius 3 is 2.85 bits per heavy atom. The average Bonchev–Trinajstić information content (AvgIpc) is 2.95. The highest BCUT2D eigenvalue weighted by Gasteiger charge is 2.31. The first kappa shape index (κ1) is 17.6. The minimum atomic E-state index is -1.73. The lowest BCUT2D eigenvalue weighted by molar-refractivity contribution is -0.133. The number of nitrogens with zero attached hydrogens (tertiary/aromatic N) is 3. The Kier molecular flexibility index (Phi) is 4.45. The van der Waals surface area contributed by atoms with Gasteiger partial charge >= 0.3 is 0 Å². The van der Waals surface area contributed by atoms with Crippen molar-refractivity contribution in [1.82, 2.24) is 9.78 Å². The van der Waals surface area contributed by atoms with Crippen molar-refractivity contribution < 1.29 is 14.3 Å². The van der Waals surface area contributed by atoms with E-state index in [1.165, 1.54) is 29.8 Å². The fraction of sp³-hybridized carbons (Fsp3) is 0.211. The summed E-state index contributed by atoms with van der Waals surface area (Å²) < 4.78 is 14.7. The van der Waals surface area contributed by atoms with Crippen molar-refractivity contribution in [3.05, 3.63) is 59.5 Å². The van der Waals surface area contributed by atoms with Crippen LogP contribution in [0.25, 0.3) is 10.9 Å². The first-order valence-corrected chi connectivity index (χ1v) is 7.96. The topological polar surface area (TPSA) is 90.9 Å². The molecule has 132 valence electrons. The second-order valence-electron chi connectivity index (χ2n) is 6.40. The summed E-state index contributed by atoms with van der Waals surface area (Å²) in [7, 11) is 0. The lowest BCUT2D eigenvalue weighted by Crippen LogP contribution is -2.43. The van der Waals surface area contributed by atoms with Gasteiger partial charge in [0.1, 0.15) is 5.82 Å². The van der Waals surface area contributed by atoms with Gasteiger partial charge < -0.3 is 10.4 Å². The van der Waals surface area contributed by atoms with Gasteiger partial charge in [-0.15, -0.1) is 0 Å². The Balaban J connectivity index is 1.76. The Labute approximate surface area is 149 Å². The number of nitrogens with one attached hydrogen (secondary N) is 1. The predicted octanol–water partition coefficient (Wildman–Crippen LogP) is 2.75. The van der Waals surface area contributed by atoms with Crippen molar-refractivity contribution in [2.45, 2.75) is 26.0 Å². The predicted molar refractivity (Wildman–Crippen MR) is 94.8 cm³/mol. The molecule has 1 amide bonds. The van der Waals surface area contributed by atoms with Crippen LogP contribution in [-0.2, 0) is 11.3 Å². The summed E-state index contributed by atoms with van der Waals surface area (Å²) in [4.78, 5) is 12.4. The van der Waals surface area contributed by atoms with Crippen LogP contribution in [0.5, 0.6) is 0 Å². The van der Waals surface area contributed by atoms with Crippen LogP contribution in [0.2, 0.25) is 0 Å². The summed E-state index contributed by atoms with van der Waals surface area (Å²) in [6, 6.07) is 11.1. The van der Waals surface area contributed by atoms with E-state index in [2.05, 4.69) is 16.5 Å². The largest absolute Gasteiger partial charge is 0.378 e. The van der Waals surface area contributed by atoms with Crippen LogP contribution in [0.1, 0.15) is 18.1 Å². The number of fused-ring (bicyclic) bond motifs is 1. The maximum absolute atomic E-state index is 13.3. The number of nitriles is 1. The van der Waals surface area contributed by atoms with E-state index in [1.807, 2.05) is 0 Å². The number of hydrogen-bond acceptors (Lipinski definition) is 4. The molecule has 1 aromatic heterocycles. The molecule has 3 aromatic rings. The number of aliphatic hydroxyl groups is 1. The molecule has 1 heterocycles. The Morgan fingerprint density at radius 2 is 2.15 bits per heavy atom. The van der Waals surface area contributed by atoms with Gasteiger partial charge in [-0.05, 0) is 55.8 Å². The summed E-state index contributed by atoms with van der Waals surface area (Å²) in [5.41, 5.74) is 0.572. The van der Waals surface area contributed by atoms with Gasteiger partial charge in [0.2, 0.25) is 0 Å². The number of carbonyl (C=O) groups excluding carboxylic acids is 1. The number of anilines is 1. The van der Waals surface area contributed by atoms with Crippen LogP contribution in [-0.4, -0.2) is 26.4 Å². The molecular weight excluding hydrogens is 335 g/mol. The fourth-order valence-corrected chi connectivity index (χ4v) is 2.65. The highest BCUT2D eigenvalue weighted by atomic mass is 19.1. The Hall–Kier alpha value is -3.24. The molecule has 0 bridgehead atoms. The highest BCUT2D eigenvalue weighted by Crippen LogP contribution is 2.19. The van der Waals surface area contributed by atoms with E-state index in [0.717, 1.165) is 5.56 Å². The summed E-state index contributed by atoms with van der Waals surface area (Å²) >= 11 is 0. The molecule has 0 aliphatic heterocycles. The van der Waals surface area contributed by atoms with Crippen molar-refractivity contribution in [3.8, 4) is 6.07 Å². The second kappa shape index (κ2) is 6.58. The monoisotopic (exact) mass is 352 g/mol. The van der Waals surface area contributed by atoms with Gasteiger partial charge in [-0.2, -0.15) is 10.4 Å². The molecule has 0 saturated heterocycles. The number of aryl methyl sites for hydroxylation is 1. The maximum Gasteiger partial charge on any atom is 0.257 e. The smallest absolute Gasteiger partial charge is 0.257 e. The quantitative estimate of drug-likeness (QED) is 0.755. The highest BCUT2D eigenvalue weighted by molar-refractivity contribution is 5.96. The third-order valence-corrected chi connectivity index (χ3v) is 4.08. The Morgan fingerprint density at radius 1 is 1.38 bits per heavy atom. The van der Waals surface area contributed by atoms with Crippen molar-refractivity contribution in [2.75, 3.05) is 5.32 Å². The average molecular weight is 352 g/mol. The molecule has 2 N–H and O–H groups in total. The lowest BCUT2D eigenvalue weighted by atomic mass is 10.1. The van der Waals surface area contributed by atoms with E-state index in [1.54, 1.807) is 31.3 Å². The summed E-state index contributed by atoms with van der Waals surface area (Å²) in [6.07, 6.45) is 1.58. The molecule has 0 fully saturated rings. The number of carbonyl (C=O) groups is 1. The van der Waals surface area contributed by atoms with Crippen molar-refractivity contribution in [3.63, 3.8) is 0 Å². The minimum Gasteiger partial charge on any atom is -0.378 e. The van der Waals surface area contributed by atoms with Crippen molar-refractivity contribution in [1.29, 1.82) is 5.26 Å².